The number of allylic oxidation sites excluding steroid dienone is 1. The minimum absolute atomic E-state index is 0.0719. The Morgan fingerprint density at radius 1 is 1.00 bits per heavy atom. The molecule has 0 spiro atoms. The first-order valence-corrected chi connectivity index (χ1v) is 16.8. The highest BCUT2D eigenvalue weighted by Crippen LogP contribution is 2.42. The van der Waals surface area contributed by atoms with Crippen molar-refractivity contribution in [1.29, 1.82) is 0 Å². The largest absolute Gasteiger partial charge is 0.466 e. The fraction of sp³-hybridized carbons (Fsp3) is 0.469. The van der Waals surface area contributed by atoms with Gasteiger partial charge in [-0.2, -0.15) is 0 Å². The fourth-order valence-electron chi connectivity index (χ4n) is 4.70. The summed E-state index contributed by atoms with van der Waals surface area (Å²) in [5.74, 6) is -3.21. The van der Waals surface area contributed by atoms with Crippen LogP contribution in [0.3, 0.4) is 0 Å². The molecule has 0 bridgehead atoms. The van der Waals surface area contributed by atoms with Crippen molar-refractivity contribution in [2.45, 2.75) is 77.0 Å². The Hall–Kier alpha value is -3.07. The van der Waals surface area contributed by atoms with Crippen molar-refractivity contribution in [3.05, 3.63) is 83.9 Å². The average Bonchev–Trinajstić information content (AvgIpc) is 2.90. The number of rotatable bonds is 11. The lowest BCUT2D eigenvalue weighted by molar-refractivity contribution is -0.147. The zero-order valence-electron chi connectivity index (χ0n) is 24.3. The number of hydrogen-bond donors (Lipinski definition) is 1. The molecule has 1 N–H and O–H groups in total. The summed E-state index contributed by atoms with van der Waals surface area (Å²) in [5, 5.41) is 11.6. The molecular weight excluding hydrogens is 524 g/mol. The van der Waals surface area contributed by atoms with Gasteiger partial charge >= 0.3 is 11.9 Å². The summed E-state index contributed by atoms with van der Waals surface area (Å²) < 4.78 is 17.7. The Labute approximate surface area is 238 Å². The van der Waals surface area contributed by atoms with Crippen LogP contribution in [0.1, 0.15) is 62.6 Å². The molecule has 2 unspecified atom stereocenters. The highest BCUT2D eigenvalue weighted by atomic mass is 28.4. The summed E-state index contributed by atoms with van der Waals surface area (Å²) in [6.07, 6.45) is 0.263. The maximum atomic E-state index is 13.3. The van der Waals surface area contributed by atoms with Crippen LogP contribution >= 0.6 is 0 Å². The van der Waals surface area contributed by atoms with Crippen molar-refractivity contribution in [3.8, 4) is 0 Å². The molecular formula is C32H42O7Si. The van der Waals surface area contributed by atoms with Gasteiger partial charge in [-0.05, 0) is 54.9 Å². The van der Waals surface area contributed by atoms with Gasteiger partial charge in [0.2, 0.25) is 0 Å². The monoisotopic (exact) mass is 566 g/mol. The second-order valence-corrected chi connectivity index (χ2v) is 16.5. The predicted molar refractivity (Wildman–Crippen MR) is 156 cm³/mol. The molecule has 1 aliphatic carbocycles. The van der Waals surface area contributed by atoms with Crippen molar-refractivity contribution in [1.82, 2.24) is 0 Å². The van der Waals surface area contributed by atoms with Crippen molar-refractivity contribution in [2.75, 3.05) is 6.61 Å². The minimum atomic E-state index is -2.26. The Balaban J connectivity index is 1.92. The number of carbonyl (C=O) groups is 3. The van der Waals surface area contributed by atoms with E-state index in [9.17, 15) is 19.5 Å². The van der Waals surface area contributed by atoms with Crippen LogP contribution in [0.5, 0.6) is 0 Å². The molecule has 5 atom stereocenters. The standard InChI is InChI=1S/C32H42O7Si/c1-7-37-29(35)20-24-27(38-31(36)23-16-12-9-13-17-23)19-18-25(33)30(24)26(34)21-28(22-14-10-8-11-15-22)39-40(5,6)32(2,3)4/h8-19,24,26-28,30,34H,7,20-21H2,1-6H3/t24-,26?,27-,28+,30?/m0/s1. The average molecular weight is 567 g/mol. The molecule has 0 saturated carbocycles. The lowest BCUT2D eigenvalue weighted by Gasteiger charge is -2.41. The molecule has 2 aromatic carbocycles. The van der Waals surface area contributed by atoms with Gasteiger partial charge in [0.1, 0.15) is 6.10 Å². The first kappa shape index (κ1) is 31.5. The van der Waals surface area contributed by atoms with Gasteiger partial charge in [0, 0.05) is 12.3 Å². The molecule has 7 nitrogen and oxygen atoms in total. The van der Waals surface area contributed by atoms with Crippen LogP contribution in [0.2, 0.25) is 18.1 Å². The summed E-state index contributed by atoms with van der Waals surface area (Å²) in [6, 6.07) is 18.2. The van der Waals surface area contributed by atoms with E-state index in [0.29, 0.717) is 5.56 Å². The zero-order chi connectivity index (χ0) is 29.5. The highest BCUT2D eigenvalue weighted by Gasteiger charge is 2.45. The van der Waals surface area contributed by atoms with E-state index in [2.05, 4.69) is 33.9 Å². The number of esters is 2. The second-order valence-electron chi connectivity index (χ2n) is 11.8. The number of aliphatic hydroxyl groups excluding tert-OH is 1. The van der Waals surface area contributed by atoms with Gasteiger partial charge in [-0.3, -0.25) is 9.59 Å². The Morgan fingerprint density at radius 2 is 1.60 bits per heavy atom. The molecule has 0 saturated heterocycles. The molecule has 3 rings (SSSR count). The van der Waals surface area contributed by atoms with Gasteiger partial charge in [-0.15, -0.1) is 0 Å². The van der Waals surface area contributed by atoms with Gasteiger partial charge in [0.15, 0.2) is 14.1 Å². The van der Waals surface area contributed by atoms with Crippen molar-refractivity contribution >= 4 is 26.0 Å². The van der Waals surface area contributed by atoms with Gasteiger partial charge < -0.3 is 19.0 Å². The number of benzene rings is 2. The smallest absolute Gasteiger partial charge is 0.338 e. The quantitative estimate of drug-likeness (QED) is 0.261. The fourth-order valence-corrected chi connectivity index (χ4v) is 6.00. The molecule has 8 heteroatoms. The van der Waals surface area contributed by atoms with Crippen molar-refractivity contribution < 1.29 is 33.4 Å². The van der Waals surface area contributed by atoms with E-state index >= 15 is 0 Å². The first-order valence-electron chi connectivity index (χ1n) is 13.9. The third-order valence-electron chi connectivity index (χ3n) is 7.91. The molecule has 2 aromatic rings. The van der Waals surface area contributed by atoms with Crippen LogP contribution in [0.4, 0.5) is 0 Å². The van der Waals surface area contributed by atoms with Crippen LogP contribution in [0, 0.1) is 11.8 Å². The number of hydrogen-bond acceptors (Lipinski definition) is 7. The Kier molecular flexibility index (Phi) is 10.6. The molecule has 0 aromatic heterocycles. The molecule has 40 heavy (non-hydrogen) atoms. The van der Waals surface area contributed by atoms with Crippen LogP contribution in [-0.4, -0.2) is 50.0 Å². The summed E-state index contributed by atoms with van der Waals surface area (Å²) >= 11 is 0. The summed E-state index contributed by atoms with van der Waals surface area (Å²) in [6.45, 7) is 12.6. The molecule has 216 valence electrons. The third-order valence-corrected chi connectivity index (χ3v) is 12.4. The van der Waals surface area contributed by atoms with Gasteiger partial charge in [-0.25, -0.2) is 4.79 Å². The van der Waals surface area contributed by atoms with E-state index in [4.69, 9.17) is 13.9 Å². The molecule has 0 radical (unpaired) electrons. The van der Waals surface area contributed by atoms with Gasteiger partial charge in [0.05, 0.1) is 36.7 Å². The number of ether oxygens (including phenoxy) is 2. The van der Waals surface area contributed by atoms with E-state index in [1.165, 1.54) is 12.2 Å². The van der Waals surface area contributed by atoms with Gasteiger partial charge in [-0.1, -0.05) is 69.3 Å². The van der Waals surface area contributed by atoms with E-state index in [1.54, 1.807) is 37.3 Å². The SMILES string of the molecule is CCOC(=O)C[C@@H]1C(C(O)C[C@@H](O[Si](C)(C)C(C)(C)C)c2ccccc2)C(=O)C=C[C@@H]1OC(=O)c1ccccc1. The van der Waals surface area contributed by atoms with Crippen LogP contribution in [-0.2, 0) is 23.5 Å². The van der Waals surface area contributed by atoms with E-state index in [1.807, 2.05) is 30.3 Å². The van der Waals surface area contributed by atoms with E-state index in [-0.39, 0.29) is 30.3 Å². The predicted octanol–water partition coefficient (Wildman–Crippen LogP) is 6.05. The number of carbonyl (C=O) groups excluding carboxylic acids is 3. The number of ketones is 1. The van der Waals surface area contributed by atoms with Crippen LogP contribution < -0.4 is 0 Å². The summed E-state index contributed by atoms with van der Waals surface area (Å²) in [7, 11) is -2.26. The summed E-state index contributed by atoms with van der Waals surface area (Å²) in [5.41, 5.74) is 1.26. The first-order chi connectivity index (χ1) is 18.8. The zero-order valence-corrected chi connectivity index (χ0v) is 25.3. The molecule has 1 aliphatic rings. The molecule has 0 heterocycles. The maximum absolute atomic E-state index is 13.3. The lowest BCUT2D eigenvalue weighted by atomic mass is 9.73. The Bertz CT molecular complexity index is 1170. The van der Waals surface area contributed by atoms with Crippen molar-refractivity contribution in [2.24, 2.45) is 11.8 Å². The maximum Gasteiger partial charge on any atom is 0.338 e. The highest BCUT2D eigenvalue weighted by molar-refractivity contribution is 6.74. The third kappa shape index (κ3) is 7.99. The number of aliphatic hydroxyl groups is 1. The van der Waals surface area contributed by atoms with E-state index in [0.717, 1.165) is 5.56 Å². The summed E-state index contributed by atoms with van der Waals surface area (Å²) in [4.78, 5) is 38.8. The van der Waals surface area contributed by atoms with E-state index < -0.39 is 50.4 Å². The minimum Gasteiger partial charge on any atom is -0.466 e. The topological polar surface area (TPSA) is 99.1 Å². The van der Waals surface area contributed by atoms with Crippen LogP contribution in [0.15, 0.2) is 72.8 Å². The Morgan fingerprint density at radius 3 is 2.17 bits per heavy atom. The van der Waals surface area contributed by atoms with Gasteiger partial charge in [0.25, 0.3) is 0 Å². The normalized spacial score (nSPS) is 21.0. The molecule has 0 aliphatic heterocycles. The second kappa shape index (κ2) is 13.5. The van der Waals surface area contributed by atoms with Crippen LogP contribution in [0.25, 0.3) is 0 Å². The van der Waals surface area contributed by atoms with Crippen molar-refractivity contribution in [3.63, 3.8) is 0 Å². The lowest BCUT2D eigenvalue weighted by Crippen LogP contribution is -2.46. The molecule has 0 fully saturated rings. The molecule has 0 amide bonds.